The zero-order valence-electron chi connectivity index (χ0n) is 9.62. The van der Waals surface area contributed by atoms with Crippen LogP contribution in [0, 0.1) is 0 Å². The smallest absolute Gasteiger partial charge is 0.133 e. The SMILES string of the molecule is CCN(CC)C(=S)S.CN(C)C(=S)S.[Cu].[Cu]. The number of hydrogen-bond donors (Lipinski definition) is 2. The molecule has 0 spiro atoms. The number of hydrogen-bond acceptors (Lipinski definition) is 2. The summed E-state index contributed by atoms with van der Waals surface area (Å²) < 4.78 is 1.31. The van der Waals surface area contributed by atoms with Gasteiger partial charge in [0.05, 0.1) is 0 Å². The number of thiocarbonyl (C=S) groups is 2. The maximum Gasteiger partial charge on any atom is 0.133 e. The zero-order valence-corrected chi connectivity index (χ0v) is 14.9. The Kier molecular flexibility index (Phi) is 27.0. The standard InChI is InChI=1S/C5H11NS2.C3H7NS2.2Cu/c1-3-6(4-2)5(7)8;1-4(2)3(5)6;;/h3-4H2,1-2H3,(H,7,8);1-2H3,(H,5,6);;. The van der Waals surface area contributed by atoms with Crippen molar-refractivity contribution in [3.05, 3.63) is 0 Å². The molecule has 0 bridgehead atoms. The average Bonchev–Trinajstić information content (AvgIpc) is 2.06. The summed E-state index contributed by atoms with van der Waals surface area (Å²) in [6.07, 6.45) is 0. The minimum Gasteiger partial charge on any atom is -0.364 e. The molecular formula is C8H18Cu2N2S4. The molecule has 0 saturated heterocycles. The van der Waals surface area contributed by atoms with Gasteiger partial charge in [-0.15, -0.1) is 25.3 Å². The second kappa shape index (κ2) is 16.5. The largest absolute Gasteiger partial charge is 0.364 e. The van der Waals surface area contributed by atoms with Crippen molar-refractivity contribution < 1.29 is 34.1 Å². The minimum absolute atomic E-state index is 0. The van der Waals surface area contributed by atoms with E-state index in [1.165, 1.54) is 0 Å². The van der Waals surface area contributed by atoms with Gasteiger partial charge >= 0.3 is 0 Å². The third kappa shape index (κ3) is 17.9. The molecule has 0 aliphatic rings. The van der Waals surface area contributed by atoms with Gasteiger partial charge in [0.1, 0.15) is 8.64 Å². The molecular weight excluding hydrogens is 379 g/mol. The quantitative estimate of drug-likeness (QED) is 0.419. The second-order valence-electron chi connectivity index (χ2n) is 2.63. The normalized spacial score (nSPS) is 7.38. The van der Waals surface area contributed by atoms with Crippen LogP contribution in [0.2, 0.25) is 0 Å². The molecule has 0 N–H and O–H groups in total. The molecule has 2 nitrogen and oxygen atoms in total. The molecule has 0 saturated carbocycles. The molecule has 0 heterocycles. The molecule has 0 rings (SSSR count). The molecule has 0 atom stereocenters. The van der Waals surface area contributed by atoms with E-state index in [-0.39, 0.29) is 34.1 Å². The van der Waals surface area contributed by atoms with E-state index in [1.807, 2.05) is 19.0 Å². The summed E-state index contributed by atoms with van der Waals surface area (Å²) in [6.45, 7) is 6.04. The fraction of sp³-hybridized carbons (Fsp3) is 0.750. The molecule has 0 aromatic heterocycles. The first-order valence-electron chi connectivity index (χ1n) is 4.24. The average molecular weight is 398 g/mol. The van der Waals surface area contributed by atoms with Gasteiger partial charge in [-0.3, -0.25) is 0 Å². The van der Waals surface area contributed by atoms with Crippen molar-refractivity contribution in [1.29, 1.82) is 0 Å². The van der Waals surface area contributed by atoms with Gasteiger partial charge in [0.15, 0.2) is 0 Å². The van der Waals surface area contributed by atoms with Crippen LogP contribution in [0.25, 0.3) is 0 Å². The predicted molar refractivity (Wildman–Crippen MR) is 79.8 cm³/mol. The van der Waals surface area contributed by atoms with Crippen LogP contribution in [-0.4, -0.2) is 45.6 Å². The van der Waals surface area contributed by atoms with Gasteiger partial charge in [0.25, 0.3) is 0 Å². The maximum atomic E-state index is 4.81. The van der Waals surface area contributed by atoms with Crippen LogP contribution in [0.3, 0.4) is 0 Å². The van der Waals surface area contributed by atoms with Crippen molar-refractivity contribution in [2.75, 3.05) is 27.2 Å². The number of nitrogens with zero attached hydrogens (tertiary/aromatic N) is 2. The summed E-state index contributed by atoms with van der Waals surface area (Å²) in [4.78, 5) is 3.77. The van der Waals surface area contributed by atoms with Gasteiger partial charge in [-0.25, -0.2) is 0 Å². The van der Waals surface area contributed by atoms with E-state index in [9.17, 15) is 0 Å². The maximum absolute atomic E-state index is 4.81. The van der Waals surface area contributed by atoms with E-state index in [2.05, 4.69) is 51.3 Å². The Balaban J connectivity index is -0.0000000825. The van der Waals surface area contributed by atoms with Crippen LogP contribution in [-0.2, 0) is 34.1 Å². The predicted octanol–water partition coefficient (Wildman–Crippen LogP) is 2.30. The molecule has 8 heteroatoms. The van der Waals surface area contributed by atoms with Gasteiger partial charge in [-0.05, 0) is 13.8 Å². The van der Waals surface area contributed by atoms with Crippen LogP contribution >= 0.6 is 49.7 Å². The van der Waals surface area contributed by atoms with Crippen LogP contribution in [0.5, 0.6) is 0 Å². The van der Waals surface area contributed by atoms with Crippen LogP contribution in [0.15, 0.2) is 0 Å². The van der Waals surface area contributed by atoms with Crippen molar-refractivity contribution in [1.82, 2.24) is 9.80 Å². The summed E-state index contributed by atoms with van der Waals surface area (Å²) in [5, 5.41) is 0. The van der Waals surface area contributed by atoms with Gasteiger partial charge < -0.3 is 9.80 Å². The Bertz CT molecular complexity index is 187. The van der Waals surface area contributed by atoms with Crippen LogP contribution < -0.4 is 0 Å². The minimum atomic E-state index is 0. The Morgan fingerprint density at radius 1 is 0.938 bits per heavy atom. The third-order valence-electron chi connectivity index (χ3n) is 1.42. The molecule has 0 aliphatic carbocycles. The van der Waals surface area contributed by atoms with Gasteiger partial charge in [-0.1, -0.05) is 24.4 Å². The topological polar surface area (TPSA) is 6.48 Å². The van der Waals surface area contributed by atoms with Crippen molar-refractivity contribution in [2.45, 2.75) is 13.8 Å². The number of thiol groups is 2. The second-order valence-corrected chi connectivity index (χ2v) is 4.86. The van der Waals surface area contributed by atoms with E-state index >= 15 is 0 Å². The van der Waals surface area contributed by atoms with Gasteiger partial charge in [-0.2, -0.15) is 0 Å². The molecule has 0 aromatic rings. The van der Waals surface area contributed by atoms with E-state index in [4.69, 9.17) is 12.2 Å². The van der Waals surface area contributed by atoms with E-state index in [0.717, 1.165) is 13.1 Å². The fourth-order valence-corrected chi connectivity index (χ4v) is 1.04. The first kappa shape index (κ1) is 26.2. The third-order valence-corrected chi connectivity index (χ3v) is 2.72. The van der Waals surface area contributed by atoms with Crippen molar-refractivity contribution in [3.63, 3.8) is 0 Å². The summed E-state index contributed by atoms with van der Waals surface area (Å²) >= 11 is 17.3. The Labute approximate surface area is 142 Å². The summed E-state index contributed by atoms with van der Waals surface area (Å²) in [5.74, 6) is 0. The van der Waals surface area contributed by atoms with Crippen LogP contribution in [0.4, 0.5) is 0 Å². The molecule has 0 aliphatic heterocycles. The summed E-state index contributed by atoms with van der Waals surface area (Å²) in [5.41, 5.74) is 0. The van der Waals surface area contributed by atoms with Crippen molar-refractivity contribution >= 4 is 58.3 Å². The van der Waals surface area contributed by atoms with Gasteiger partial charge in [0.2, 0.25) is 0 Å². The van der Waals surface area contributed by atoms with Crippen LogP contribution in [0.1, 0.15) is 13.8 Å². The fourth-order valence-electron chi connectivity index (χ4n) is 0.494. The summed E-state index contributed by atoms with van der Waals surface area (Å²) in [6, 6.07) is 0. The first-order chi connectivity index (χ1) is 6.36. The van der Waals surface area contributed by atoms with Crippen molar-refractivity contribution in [2.24, 2.45) is 0 Å². The molecule has 2 radical (unpaired) electrons. The van der Waals surface area contributed by atoms with E-state index in [1.54, 1.807) is 4.90 Å². The summed E-state index contributed by atoms with van der Waals surface area (Å²) in [7, 11) is 3.71. The Morgan fingerprint density at radius 3 is 1.19 bits per heavy atom. The monoisotopic (exact) mass is 396 g/mol. The van der Waals surface area contributed by atoms with Gasteiger partial charge in [0, 0.05) is 61.3 Å². The first-order valence-corrected chi connectivity index (χ1v) is 5.95. The number of rotatable bonds is 2. The Morgan fingerprint density at radius 2 is 1.19 bits per heavy atom. The molecule has 0 aromatic carbocycles. The van der Waals surface area contributed by atoms with E-state index < -0.39 is 0 Å². The molecule has 0 fully saturated rings. The molecule has 16 heavy (non-hydrogen) atoms. The Hall–Kier alpha value is 1.52. The molecule has 0 amide bonds. The molecule has 0 unspecified atom stereocenters. The molecule has 106 valence electrons. The van der Waals surface area contributed by atoms with Crippen molar-refractivity contribution in [3.8, 4) is 0 Å². The van der Waals surface area contributed by atoms with E-state index in [0.29, 0.717) is 8.64 Å². The zero-order chi connectivity index (χ0) is 11.7.